The number of esters is 1. The molecule has 0 saturated heterocycles. The van der Waals surface area contributed by atoms with Crippen molar-refractivity contribution in [3.05, 3.63) is 118 Å². The van der Waals surface area contributed by atoms with Crippen LogP contribution in [0.4, 0.5) is 0 Å². The molecule has 0 amide bonds. The van der Waals surface area contributed by atoms with Crippen molar-refractivity contribution in [2.24, 2.45) is 0 Å². The molecule has 0 bridgehead atoms. The lowest BCUT2D eigenvalue weighted by Crippen LogP contribution is -2.05. The molecular formula is C30H19IO2. The molecule has 0 unspecified atom stereocenters. The Morgan fingerprint density at radius 3 is 1.73 bits per heavy atom. The molecule has 0 fully saturated rings. The molecule has 6 aromatic carbocycles. The van der Waals surface area contributed by atoms with Crippen molar-refractivity contribution in [3.63, 3.8) is 0 Å². The van der Waals surface area contributed by atoms with Crippen LogP contribution in [0, 0.1) is 3.57 Å². The van der Waals surface area contributed by atoms with Crippen molar-refractivity contribution >= 4 is 71.6 Å². The van der Waals surface area contributed by atoms with Crippen LogP contribution in [0.15, 0.2) is 103 Å². The van der Waals surface area contributed by atoms with E-state index in [4.69, 9.17) is 4.74 Å². The minimum absolute atomic E-state index is 0.272. The van der Waals surface area contributed by atoms with Gasteiger partial charge in [0.1, 0.15) is 6.61 Å². The third-order valence-electron chi connectivity index (χ3n) is 6.12. The van der Waals surface area contributed by atoms with E-state index in [-0.39, 0.29) is 12.6 Å². The first-order valence-electron chi connectivity index (χ1n) is 10.8. The average molecular weight is 538 g/mol. The molecule has 0 atom stereocenters. The lowest BCUT2D eigenvalue weighted by molar-refractivity contribution is 0.0473. The minimum Gasteiger partial charge on any atom is -0.457 e. The normalized spacial score (nSPS) is 11.4. The third-order valence-corrected chi connectivity index (χ3v) is 6.79. The number of rotatable bonds is 3. The number of ether oxygens (including phenoxy) is 1. The maximum atomic E-state index is 12.6. The van der Waals surface area contributed by atoms with Gasteiger partial charge >= 0.3 is 5.97 Å². The second-order valence-corrected chi connectivity index (χ2v) is 9.61. The van der Waals surface area contributed by atoms with Gasteiger partial charge in [-0.2, -0.15) is 0 Å². The number of benzene rings is 6. The van der Waals surface area contributed by atoms with E-state index in [1.54, 1.807) is 0 Å². The van der Waals surface area contributed by atoms with Crippen LogP contribution in [0.2, 0.25) is 0 Å². The predicted octanol–water partition coefficient (Wildman–Crippen LogP) is 8.26. The van der Waals surface area contributed by atoms with Crippen molar-refractivity contribution < 1.29 is 9.53 Å². The summed E-state index contributed by atoms with van der Waals surface area (Å²) in [5.74, 6) is -0.305. The van der Waals surface area contributed by atoms with Crippen LogP contribution in [0.5, 0.6) is 0 Å². The summed E-state index contributed by atoms with van der Waals surface area (Å²) >= 11 is 2.36. The summed E-state index contributed by atoms with van der Waals surface area (Å²) in [7, 11) is 0. The van der Waals surface area contributed by atoms with E-state index in [0.29, 0.717) is 5.56 Å². The zero-order chi connectivity index (χ0) is 22.4. The van der Waals surface area contributed by atoms with Gasteiger partial charge in [0.15, 0.2) is 0 Å². The minimum atomic E-state index is -0.305. The van der Waals surface area contributed by atoms with Crippen molar-refractivity contribution in [2.75, 3.05) is 0 Å². The van der Waals surface area contributed by atoms with E-state index < -0.39 is 0 Å². The van der Waals surface area contributed by atoms with Gasteiger partial charge in [0.05, 0.1) is 5.56 Å². The SMILES string of the molecule is O=C(OCc1ccccc1)c1ccc2cc3cc4cc5cc(I)ccc5cc4cc3cc2c1. The highest BCUT2D eigenvalue weighted by molar-refractivity contribution is 14.1. The summed E-state index contributed by atoms with van der Waals surface area (Å²) in [4.78, 5) is 12.6. The molecule has 0 aliphatic heterocycles. The van der Waals surface area contributed by atoms with Crippen LogP contribution < -0.4 is 0 Å². The summed E-state index contributed by atoms with van der Waals surface area (Å²) < 4.78 is 6.76. The Kier molecular flexibility index (Phi) is 4.99. The van der Waals surface area contributed by atoms with Crippen LogP contribution in [-0.2, 0) is 11.3 Å². The van der Waals surface area contributed by atoms with E-state index in [9.17, 15) is 4.79 Å². The molecule has 33 heavy (non-hydrogen) atoms. The number of halogens is 1. The Labute approximate surface area is 204 Å². The van der Waals surface area contributed by atoms with E-state index in [0.717, 1.165) is 21.7 Å². The van der Waals surface area contributed by atoms with Gasteiger partial charge < -0.3 is 4.74 Å². The Morgan fingerprint density at radius 1 is 0.576 bits per heavy atom. The van der Waals surface area contributed by atoms with Gasteiger partial charge in [-0.15, -0.1) is 0 Å². The van der Waals surface area contributed by atoms with Crippen molar-refractivity contribution in [2.45, 2.75) is 6.61 Å². The fourth-order valence-electron chi connectivity index (χ4n) is 4.41. The topological polar surface area (TPSA) is 26.3 Å². The molecule has 0 aliphatic carbocycles. The number of carbonyl (C=O) groups is 1. The molecule has 0 saturated carbocycles. The molecule has 158 valence electrons. The molecule has 3 heteroatoms. The number of carbonyl (C=O) groups excluding carboxylic acids is 1. The molecule has 6 aromatic rings. The monoisotopic (exact) mass is 538 g/mol. The van der Waals surface area contributed by atoms with Gasteiger partial charge in [0.2, 0.25) is 0 Å². The molecule has 6 rings (SSSR count). The summed E-state index contributed by atoms with van der Waals surface area (Å²) in [6, 6.07) is 35.4. The molecular weight excluding hydrogens is 519 g/mol. The van der Waals surface area contributed by atoms with E-state index in [1.165, 1.54) is 30.5 Å². The second-order valence-electron chi connectivity index (χ2n) is 8.37. The summed E-state index contributed by atoms with van der Waals surface area (Å²) in [6.07, 6.45) is 0. The summed E-state index contributed by atoms with van der Waals surface area (Å²) in [5.41, 5.74) is 1.55. The molecule has 0 aromatic heterocycles. The number of fused-ring (bicyclic) bond motifs is 4. The van der Waals surface area contributed by atoms with Crippen LogP contribution in [0.1, 0.15) is 15.9 Å². The zero-order valence-electron chi connectivity index (χ0n) is 17.7. The fraction of sp³-hybridized carbons (Fsp3) is 0.0333. The smallest absolute Gasteiger partial charge is 0.338 e. The maximum absolute atomic E-state index is 12.6. The standard InChI is InChI=1S/C30H19IO2/c31-29-9-8-21-11-25-14-26-13-23-12-22(30(32)33-18-19-4-2-1-3-5-19)7-6-20(23)10-24(26)15-27(25)16-28(21)17-29/h1-17H,18H2. The third kappa shape index (κ3) is 3.93. The van der Waals surface area contributed by atoms with Crippen molar-refractivity contribution in [3.8, 4) is 0 Å². The Morgan fingerprint density at radius 2 is 1.09 bits per heavy atom. The number of hydrogen-bond acceptors (Lipinski definition) is 2. The quantitative estimate of drug-likeness (QED) is 0.129. The van der Waals surface area contributed by atoms with Gasteiger partial charge in [-0.1, -0.05) is 42.5 Å². The van der Waals surface area contributed by atoms with E-state index in [1.807, 2.05) is 48.5 Å². The molecule has 0 spiro atoms. The first-order valence-corrected chi connectivity index (χ1v) is 11.9. The fourth-order valence-corrected chi connectivity index (χ4v) is 4.92. The lowest BCUT2D eigenvalue weighted by Gasteiger charge is -2.09. The molecule has 2 nitrogen and oxygen atoms in total. The van der Waals surface area contributed by atoms with Crippen LogP contribution in [0.25, 0.3) is 43.1 Å². The van der Waals surface area contributed by atoms with Crippen LogP contribution in [-0.4, -0.2) is 5.97 Å². The lowest BCUT2D eigenvalue weighted by atomic mass is 9.97. The highest BCUT2D eigenvalue weighted by atomic mass is 127. The van der Waals surface area contributed by atoms with Gasteiger partial charge in [-0.25, -0.2) is 4.79 Å². The predicted molar refractivity (Wildman–Crippen MR) is 145 cm³/mol. The number of hydrogen-bond donors (Lipinski definition) is 0. The van der Waals surface area contributed by atoms with Gasteiger partial charge in [0, 0.05) is 3.57 Å². The average Bonchev–Trinajstić information content (AvgIpc) is 2.84. The van der Waals surface area contributed by atoms with E-state index >= 15 is 0 Å². The first-order chi connectivity index (χ1) is 16.1. The van der Waals surface area contributed by atoms with Crippen molar-refractivity contribution in [1.29, 1.82) is 0 Å². The molecule has 0 N–H and O–H groups in total. The van der Waals surface area contributed by atoms with Gasteiger partial charge in [0.25, 0.3) is 0 Å². The van der Waals surface area contributed by atoms with Crippen LogP contribution in [0.3, 0.4) is 0 Å². The summed E-state index contributed by atoms with van der Waals surface area (Å²) in [6.45, 7) is 0.272. The van der Waals surface area contributed by atoms with Gasteiger partial charge in [-0.3, -0.25) is 0 Å². The maximum Gasteiger partial charge on any atom is 0.338 e. The molecule has 0 radical (unpaired) electrons. The molecule has 0 heterocycles. The first kappa shape index (κ1) is 20.2. The zero-order valence-corrected chi connectivity index (χ0v) is 19.9. The largest absolute Gasteiger partial charge is 0.457 e. The van der Waals surface area contributed by atoms with Gasteiger partial charge in [-0.05, 0) is 132 Å². The highest BCUT2D eigenvalue weighted by Gasteiger charge is 2.10. The molecule has 0 aliphatic rings. The Balaban J connectivity index is 1.39. The van der Waals surface area contributed by atoms with Crippen LogP contribution >= 0.6 is 22.6 Å². The second kappa shape index (κ2) is 8.16. The Hall–Kier alpha value is -3.44. The highest BCUT2D eigenvalue weighted by Crippen LogP contribution is 2.31. The Bertz CT molecular complexity index is 1690. The van der Waals surface area contributed by atoms with Crippen molar-refractivity contribution in [1.82, 2.24) is 0 Å². The van der Waals surface area contributed by atoms with E-state index in [2.05, 4.69) is 77.2 Å². The summed E-state index contributed by atoms with van der Waals surface area (Å²) in [5, 5.41) is 9.45.